The van der Waals surface area contributed by atoms with Crippen molar-refractivity contribution in [2.24, 2.45) is 0 Å². The third-order valence-corrected chi connectivity index (χ3v) is 2.91. The van der Waals surface area contributed by atoms with E-state index in [1.54, 1.807) is 0 Å². The van der Waals surface area contributed by atoms with Gasteiger partial charge >= 0.3 is 12.2 Å². The molecule has 8 heteroatoms. The fourth-order valence-electron chi connectivity index (χ4n) is 1.92. The highest BCUT2D eigenvalue weighted by atomic mass is 19.4. The molecule has 1 atom stereocenters. The summed E-state index contributed by atoms with van der Waals surface area (Å²) in [6, 6.07) is 0.187. The zero-order valence-corrected chi connectivity index (χ0v) is 10.3. The van der Waals surface area contributed by atoms with Gasteiger partial charge in [0.2, 0.25) is 0 Å². The molecular formula is C11H12F3N3O2. The molecule has 0 spiro atoms. The lowest BCUT2D eigenvalue weighted by Crippen LogP contribution is -2.35. The number of aromatic nitrogens is 1. The first kappa shape index (κ1) is 13.6. The van der Waals surface area contributed by atoms with Gasteiger partial charge in [-0.3, -0.25) is 0 Å². The van der Waals surface area contributed by atoms with Crippen molar-refractivity contribution in [3.63, 3.8) is 0 Å². The highest BCUT2D eigenvalue weighted by Gasteiger charge is 2.38. The molecular weight excluding hydrogens is 263 g/mol. The molecule has 1 saturated heterocycles. The van der Waals surface area contributed by atoms with E-state index in [1.807, 2.05) is 0 Å². The number of anilines is 1. The van der Waals surface area contributed by atoms with Crippen LogP contribution in [0.15, 0.2) is 12.3 Å². The predicted molar refractivity (Wildman–Crippen MR) is 60.5 cm³/mol. The zero-order chi connectivity index (χ0) is 14.4. The minimum atomic E-state index is -4.53. The van der Waals surface area contributed by atoms with E-state index in [9.17, 15) is 23.1 Å². The van der Waals surface area contributed by atoms with E-state index in [0.29, 0.717) is 0 Å². The largest absolute Gasteiger partial charge is 0.416 e. The maximum atomic E-state index is 12.8. The first-order chi connectivity index (χ1) is 8.71. The van der Waals surface area contributed by atoms with Crippen molar-refractivity contribution in [1.82, 2.24) is 9.88 Å². The summed E-state index contributed by atoms with van der Waals surface area (Å²) in [4.78, 5) is 17.6. The van der Waals surface area contributed by atoms with Crippen molar-refractivity contribution in [2.45, 2.75) is 19.3 Å². The third kappa shape index (κ3) is 2.35. The molecule has 1 aromatic heterocycles. The maximum absolute atomic E-state index is 12.8. The number of amides is 2. The van der Waals surface area contributed by atoms with Crippen molar-refractivity contribution < 1.29 is 23.1 Å². The van der Waals surface area contributed by atoms with Gasteiger partial charge in [0.25, 0.3) is 0 Å². The Labute approximate surface area is 107 Å². The van der Waals surface area contributed by atoms with E-state index in [1.165, 1.54) is 18.9 Å². The van der Waals surface area contributed by atoms with Gasteiger partial charge in [0, 0.05) is 13.2 Å². The van der Waals surface area contributed by atoms with Crippen LogP contribution in [-0.4, -0.2) is 40.8 Å². The molecule has 1 aliphatic rings. The van der Waals surface area contributed by atoms with Gasteiger partial charge in [0.15, 0.2) is 6.23 Å². The second-order valence-electron chi connectivity index (χ2n) is 4.37. The summed E-state index contributed by atoms with van der Waals surface area (Å²) in [5, 5.41) is 9.69. The summed E-state index contributed by atoms with van der Waals surface area (Å²) >= 11 is 0. The number of carbonyl (C=O) groups is 1. The Hall–Kier alpha value is -1.83. The monoisotopic (exact) mass is 275 g/mol. The molecule has 1 aliphatic heterocycles. The number of pyridine rings is 1. The fraction of sp³-hybridized carbons (Fsp3) is 0.455. The Bertz CT molecular complexity index is 518. The van der Waals surface area contributed by atoms with Gasteiger partial charge in [-0.25, -0.2) is 14.7 Å². The van der Waals surface area contributed by atoms with Gasteiger partial charge in [-0.05, 0) is 18.6 Å². The predicted octanol–water partition coefficient (Wildman–Crippen LogP) is 1.60. The lowest BCUT2D eigenvalue weighted by atomic mass is 10.1. The van der Waals surface area contributed by atoms with Crippen LogP contribution in [0.5, 0.6) is 0 Å². The number of hydrogen-bond donors (Lipinski definition) is 1. The quantitative estimate of drug-likeness (QED) is 0.847. The molecule has 1 N–H and O–H groups in total. The number of urea groups is 1. The van der Waals surface area contributed by atoms with E-state index in [-0.39, 0.29) is 17.9 Å². The molecule has 0 saturated carbocycles. The van der Waals surface area contributed by atoms with E-state index in [0.717, 1.165) is 17.2 Å². The van der Waals surface area contributed by atoms with Crippen LogP contribution in [0.3, 0.4) is 0 Å². The minimum Gasteiger partial charge on any atom is -0.371 e. The van der Waals surface area contributed by atoms with Crippen LogP contribution in [0.1, 0.15) is 11.1 Å². The molecule has 0 aromatic carbocycles. The smallest absolute Gasteiger partial charge is 0.371 e. The van der Waals surface area contributed by atoms with Crippen molar-refractivity contribution in [1.29, 1.82) is 0 Å². The van der Waals surface area contributed by atoms with Crippen molar-refractivity contribution in [3.8, 4) is 0 Å². The average molecular weight is 275 g/mol. The average Bonchev–Trinajstić information content (AvgIpc) is 2.53. The van der Waals surface area contributed by atoms with Crippen LogP contribution in [0.25, 0.3) is 0 Å². The summed E-state index contributed by atoms with van der Waals surface area (Å²) in [5.41, 5.74) is -0.905. The maximum Gasteiger partial charge on any atom is 0.416 e. The summed E-state index contributed by atoms with van der Waals surface area (Å²) in [6.07, 6.45) is -4.69. The lowest BCUT2D eigenvalue weighted by molar-refractivity contribution is -0.138. The second-order valence-corrected chi connectivity index (χ2v) is 4.37. The molecule has 104 valence electrons. The summed E-state index contributed by atoms with van der Waals surface area (Å²) in [5.74, 6) is -0.209. The van der Waals surface area contributed by atoms with E-state index < -0.39 is 24.0 Å². The number of alkyl halides is 3. The highest BCUT2D eigenvalue weighted by Crippen LogP contribution is 2.34. The van der Waals surface area contributed by atoms with Crippen LogP contribution in [-0.2, 0) is 6.18 Å². The molecule has 2 heterocycles. The van der Waals surface area contributed by atoms with Gasteiger partial charge in [0.1, 0.15) is 5.82 Å². The Kier molecular flexibility index (Phi) is 3.13. The normalized spacial score (nSPS) is 20.3. The van der Waals surface area contributed by atoms with Crippen molar-refractivity contribution in [2.75, 3.05) is 18.5 Å². The van der Waals surface area contributed by atoms with Gasteiger partial charge in [-0.15, -0.1) is 0 Å². The Balaban J connectivity index is 2.45. The molecule has 2 rings (SSSR count). The van der Waals surface area contributed by atoms with Crippen LogP contribution >= 0.6 is 0 Å². The number of nitrogens with zero attached hydrogens (tertiary/aromatic N) is 3. The molecule has 0 aliphatic carbocycles. The number of rotatable bonds is 1. The number of β-amino-alcohol motifs (C(OH)–C–C–N with tert-alkyl or cyclic N) is 1. The second kappa shape index (κ2) is 4.37. The fourth-order valence-corrected chi connectivity index (χ4v) is 1.92. The number of aryl methyl sites for hydroxylation is 1. The molecule has 2 amide bonds. The Morgan fingerprint density at radius 1 is 1.47 bits per heavy atom. The summed E-state index contributed by atoms with van der Waals surface area (Å²) in [6.45, 7) is 1.31. The van der Waals surface area contributed by atoms with E-state index in [4.69, 9.17) is 0 Å². The molecule has 19 heavy (non-hydrogen) atoms. The number of carbonyl (C=O) groups excluding carboxylic acids is 1. The number of aliphatic hydroxyl groups is 1. The minimum absolute atomic E-state index is 0.0236. The number of aliphatic hydroxyl groups excluding tert-OH is 1. The molecule has 1 aromatic rings. The first-order valence-corrected chi connectivity index (χ1v) is 5.48. The van der Waals surface area contributed by atoms with Gasteiger partial charge < -0.3 is 10.0 Å². The van der Waals surface area contributed by atoms with Gasteiger partial charge in [-0.2, -0.15) is 13.2 Å². The van der Waals surface area contributed by atoms with Gasteiger partial charge in [0.05, 0.1) is 12.1 Å². The SMILES string of the molecule is Cc1cnc(N2C(=O)N(C)CC2O)cc1C(F)(F)F. The molecule has 1 fully saturated rings. The van der Waals surface area contributed by atoms with Crippen LogP contribution in [0.2, 0.25) is 0 Å². The number of halogens is 3. The summed E-state index contributed by atoms with van der Waals surface area (Å²) < 4.78 is 38.3. The standard InChI is InChI=1S/C11H12F3N3O2/c1-6-4-15-8(3-7(6)11(12,13)14)17-9(18)5-16(2)10(17)19/h3-4,9,18H,5H2,1-2H3. The number of likely N-dealkylation sites (N-methyl/N-ethyl adjacent to an activating group) is 1. The number of hydrogen-bond acceptors (Lipinski definition) is 3. The first-order valence-electron chi connectivity index (χ1n) is 5.48. The third-order valence-electron chi connectivity index (χ3n) is 2.91. The van der Waals surface area contributed by atoms with Crippen LogP contribution in [0, 0.1) is 6.92 Å². The van der Waals surface area contributed by atoms with Gasteiger partial charge in [-0.1, -0.05) is 0 Å². The molecule has 0 radical (unpaired) electrons. The Morgan fingerprint density at radius 3 is 2.58 bits per heavy atom. The van der Waals surface area contributed by atoms with Crippen molar-refractivity contribution >= 4 is 11.8 Å². The molecule has 5 nitrogen and oxygen atoms in total. The van der Waals surface area contributed by atoms with Crippen LogP contribution < -0.4 is 4.90 Å². The van der Waals surface area contributed by atoms with E-state index >= 15 is 0 Å². The summed E-state index contributed by atoms with van der Waals surface area (Å²) in [7, 11) is 1.45. The highest BCUT2D eigenvalue weighted by molar-refractivity contribution is 5.93. The lowest BCUT2D eigenvalue weighted by Gasteiger charge is -2.20. The van der Waals surface area contributed by atoms with Crippen molar-refractivity contribution in [3.05, 3.63) is 23.4 Å². The topological polar surface area (TPSA) is 56.7 Å². The zero-order valence-electron chi connectivity index (χ0n) is 10.3. The molecule has 1 unspecified atom stereocenters. The van der Waals surface area contributed by atoms with E-state index in [2.05, 4.69) is 4.98 Å². The van der Waals surface area contributed by atoms with Crippen LogP contribution in [0.4, 0.5) is 23.8 Å². The Morgan fingerprint density at radius 2 is 2.11 bits per heavy atom. The molecule has 0 bridgehead atoms.